The Morgan fingerprint density at radius 2 is 1.24 bits per heavy atom. The minimum Gasteiger partial charge on any atom is -0.321 e. The van der Waals surface area contributed by atoms with Crippen LogP contribution >= 0.6 is 0 Å². The van der Waals surface area contributed by atoms with Crippen LogP contribution in [0.15, 0.2) is 121 Å². The molecule has 0 spiro atoms. The van der Waals surface area contributed by atoms with Crippen molar-refractivity contribution in [3.8, 4) is 27.9 Å². The molecule has 3 heterocycles. The predicted octanol–water partition coefficient (Wildman–Crippen LogP) is 11.2. The molecule has 0 aliphatic heterocycles. The number of hydrogen-bond acceptors (Lipinski definition) is 2. The van der Waals surface area contributed by atoms with E-state index in [9.17, 15) is 0 Å². The van der Waals surface area contributed by atoms with Gasteiger partial charge in [-0.15, -0.1) is 18.2 Å². The van der Waals surface area contributed by atoms with Gasteiger partial charge in [0.2, 0.25) is 0 Å². The monoisotopic (exact) mass is 812 g/mol. The molecule has 9 aromatic rings. The predicted molar refractivity (Wildman–Crippen MR) is 200 cm³/mol. The molecule has 0 amide bonds. The van der Waals surface area contributed by atoms with Crippen LogP contribution in [0.2, 0.25) is 0 Å². The van der Waals surface area contributed by atoms with E-state index in [4.69, 9.17) is 9.97 Å². The third-order valence-electron chi connectivity index (χ3n) is 9.76. The second-order valence-electron chi connectivity index (χ2n) is 14.0. The number of rotatable bonds is 3. The number of fused-ring (bicyclic) bond motifs is 8. The molecule has 0 aliphatic rings. The van der Waals surface area contributed by atoms with Gasteiger partial charge in [0.15, 0.2) is 0 Å². The van der Waals surface area contributed by atoms with Gasteiger partial charge in [-0.2, -0.15) is 0 Å². The molecule has 6 aromatic carbocycles. The summed E-state index contributed by atoms with van der Waals surface area (Å²) in [5, 5.41) is 3.37. The first-order valence-electron chi connectivity index (χ1n) is 16.6. The number of benzene rings is 6. The smallest absolute Gasteiger partial charge is 0.102 e. The zero-order chi connectivity index (χ0) is 32.7. The summed E-state index contributed by atoms with van der Waals surface area (Å²) in [6, 6.07) is 47.1. The molecule has 3 aromatic heterocycles. The van der Waals surface area contributed by atoms with E-state index < -0.39 is 0 Å². The Balaban J connectivity index is 0.00000348. The Bertz CT molecular complexity index is 2710. The van der Waals surface area contributed by atoms with E-state index in [-0.39, 0.29) is 25.5 Å². The summed E-state index contributed by atoms with van der Waals surface area (Å²) < 4.78 is 4.63. The summed E-state index contributed by atoms with van der Waals surface area (Å²) >= 11 is 0. The van der Waals surface area contributed by atoms with Gasteiger partial charge in [-0.3, -0.25) is 9.97 Å². The van der Waals surface area contributed by atoms with Gasteiger partial charge in [-0.1, -0.05) is 92.4 Å². The zero-order valence-corrected chi connectivity index (χ0v) is 30.6. The first kappa shape index (κ1) is 31.2. The molecule has 0 unspecified atom stereocenters. The Morgan fingerprint density at radius 3 is 1.94 bits per heavy atom. The molecular weight excluding hydrogens is 777 g/mol. The molecule has 49 heavy (non-hydrogen) atoms. The van der Waals surface area contributed by atoms with E-state index in [1.54, 1.807) is 0 Å². The van der Waals surface area contributed by atoms with Crippen LogP contribution in [-0.2, 0) is 25.5 Å². The summed E-state index contributed by atoms with van der Waals surface area (Å²) in [6.07, 6.45) is 0. The Labute approximate surface area is 299 Å². The molecule has 0 N–H and O–H groups in total. The van der Waals surface area contributed by atoms with Crippen LogP contribution in [0.4, 0.5) is 0 Å². The SMILES string of the molecule is Cc1cc2nc3c4[c-]ccc(-c5ccc6c(c5)c5cc(-c7ccccc7)ccc5n6-c5ccccc5)c4nc(C(C)(C)C)n3c2cc1C.[Ir]. The van der Waals surface area contributed by atoms with Crippen LogP contribution in [0.5, 0.6) is 0 Å². The van der Waals surface area contributed by atoms with Crippen molar-refractivity contribution >= 4 is 49.4 Å². The number of para-hydroxylation sites is 1. The second kappa shape index (κ2) is 11.5. The number of hydrogen-bond donors (Lipinski definition) is 0. The van der Waals surface area contributed by atoms with Gasteiger partial charge in [0.25, 0.3) is 0 Å². The summed E-state index contributed by atoms with van der Waals surface area (Å²) in [5.41, 5.74) is 14.3. The molecule has 1 radical (unpaired) electrons. The van der Waals surface area contributed by atoms with Crippen LogP contribution in [0.3, 0.4) is 0 Å². The fourth-order valence-corrected chi connectivity index (χ4v) is 7.24. The first-order valence-corrected chi connectivity index (χ1v) is 16.6. The number of imidazole rings is 1. The molecular formula is C44H35IrN4-. The van der Waals surface area contributed by atoms with Crippen LogP contribution in [-0.4, -0.2) is 18.9 Å². The van der Waals surface area contributed by atoms with E-state index in [0.29, 0.717) is 0 Å². The summed E-state index contributed by atoms with van der Waals surface area (Å²) in [5.74, 6) is 0.992. The average molecular weight is 812 g/mol. The Morgan fingerprint density at radius 1 is 0.612 bits per heavy atom. The van der Waals surface area contributed by atoms with Crippen LogP contribution in [0.1, 0.15) is 37.7 Å². The van der Waals surface area contributed by atoms with E-state index in [1.807, 2.05) is 6.07 Å². The molecule has 4 nitrogen and oxygen atoms in total. The fourth-order valence-electron chi connectivity index (χ4n) is 7.24. The van der Waals surface area contributed by atoms with E-state index in [0.717, 1.165) is 50.2 Å². The minimum atomic E-state index is -0.215. The van der Waals surface area contributed by atoms with Crippen molar-refractivity contribution in [3.63, 3.8) is 0 Å². The standard InChI is InChI=1S/C44H35N4.Ir/c1-27-23-37-40(24-28(27)2)48-42(45-37)34-18-12-17-33(41(34)46-43(48)44(3,4)5)31-20-22-39-36(26-31)35-25-30(29-13-8-6-9-14-29)19-21-38(35)47(39)32-15-10-7-11-16-32;/h6-17,19-26H,1-5H3;/q-1;. The van der Waals surface area contributed by atoms with Crippen LogP contribution in [0, 0.1) is 19.9 Å². The van der Waals surface area contributed by atoms with Gasteiger partial charge in [-0.25, -0.2) is 0 Å². The average Bonchev–Trinajstić information content (AvgIpc) is 3.63. The van der Waals surface area contributed by atoms with Crippen molar-refractivity contribution < 1.29 is 20.1 Å². The maximum atomic E-state index is 5.46. The van der Waals surface area contributed by atoms with Crippen LogP contribution < -0.4 is 0 Å². The van der Waals surface area contributed by atoms with Gasteiger partial charge >= 0.3 is 0 Å². The van der Waals surface area contributed by atoms with Gasteiger partial charge in [0, 0.05) is 42.0 Å². The molecule has 5 heteroatoms. The molecule has 0 aliphatic carbocycles. The zero-order valence-electron chi connectivity index (χ0n) is 28.2. The normalized spacial score (nSPS) is 12.0. The molecule has 9 rings (SSSR count). The molecule has 241 valence electrons. The summed E-state index contributed by atoms with van der Waals surface area (Å²) in [6.45, 7) is 11.0. The van der Waals surface area contributed by atoms with Crippen molar-refractivity contribution in [3.05, 3.63) is 144 Å². The van der Waals surface area contributed by atoms with Gasteiger partial charge in [0.1, 0.15) is 5.82 Å². The number of aromatic nitrogens is 4. The minimum absolute atomic E-state index is 0. The first-order chi connectivity index (χ1) is 23.3. The molecule has 0 saturated carbocycles. The molecule has 0 fully saturated rings. The fraction of sp³-hybridized carbons (Fsp3) is 0.136. The second-order valence-corrected chi connectivity index (χ2v) is 14.0. The Kier molecular flexibility index (Phi) is 7.33. The van der Waals surface area contributed by atoms with Crippen LogP contribution in [0.25, 0.3) is 77.3 Å². The third-order valence-corrected chi connectivity index (χ3v) is 9.76. The van der Waals surface area contributed by atoms with Crippen molar-refractivity contribution in [1.29, 1.82) is 0 Å². The van der Waals surface area contributed by atoms with E-state index in [2.05, 4.69) is 165 Å². The van der Waals surface area contributed by atoms with Crippen molar-refractivity contribution in [2.45, 2.75) is 40.0 Å². The quantitative estimate of drug-likeness (QED) is 0.167. The molecule has 0 atom stereocenters. The maximum absolute atomic E-state index is 5.46. The maximum Gasteiger partial charge on any atom is 0.102 e. The van der Waals surface area contributed by atoms with Gasteiger partial charge in [-0.05, 0) is 95.7 Å². The van der Waals surface area contributed by atoms with E-state index >= 15 is 0 Å². The molecule has 0 bridgehead atoms. The van der Waals surface area contributed by atoms with Crippen molar-refractivity contribution in [2.24, 2.45) is 0 Å². The Hall–Kier alpha value is -5.09. The summed E-state index contributed by atoms with van der Waals surface area (Å²) in [4.78, 5) is 10.7. The molecule has 0 saturated heterocycles. The number of aryl methyl sites for hydroxylation is 2. The van der Waals surface area contributed by atoms with E-state index in [1.165, 1.54) is 44.1 Å². The largest absolute Gasteiger partial charge is 0.321 e. The number of nitrogens with zero attached hydrogens (tertiary/aromatic N) is 4. The topological polar surface area (TPSA) is 35.1 Å². The van der Waals surface area contributed by atoms with Crippen molar-refractivity contribution in [1.82, 2.24) is 18.9 Å². The summed E-state index contributed by atoms with van der Waals surface area (Å²) in [7, 11) is 0. The van der Waals surface area contributed by atoms with Gasteiger partial charge in [0.05, 0.1) is 27.7 Å². The third kappa shape index (κ3) is 4.91. The van der Waals surface area contributed by atoms with Gasteiger partial charge < -0.3 is 8.97 Å². The van der Waals surface area contributed by atoms with Crippen molar-refractivity contribution in [2.75, 3.05) is 0 Å².